The van der Waals surface area contributed by atoms with E-state index in [1.165, 1.54) is 23.5 Å². The van der Waals surface area contributed by atoms with Crippen LogP contribution >= 0.6 is 11.6 Å². The predicted octanol–water partition coefficient (Wildman–Crippen LogP) is 3.03. The van der Waals surface area contributed by atoms with E-state index in [0.29, 0.717) is 43.6 Å². The normalized spacial score (nSPS) is 22.4. The second-order valence-electron chi connectivity index (χ2n) is 8.21. The molecule has 1 fully saturated rings. The van der Waals surface area contributed by atoms with Gasteiger partial charge in [-0.05, 0) is 57.7 Å². The lowest BCUT2D eigenvalue weighted by molar-refractivity contribution is -0.125. The Morgan fingerprint density at radius 1 is 1.30 bits per heavy atom. The number of halogens is 2. The summed E-state index contributed by atoms with van der Waals surface area (Å²) in [5.74, 6) is -1.54. The lowest BCUT2D eigenvalue weighted by atomic mass is 9.69. The third-order valence-corrected chi connectivity index (χ3v) is 6.58. The molecule has 1 saturated carbocycles. The number of benzene rings is 1. The molecule has 0 radical (unpaired) electrons. The standard InChI is InChI=1S/C22H24ClFN6O3/c1-3-25-19(31)17-18(27-11-26-17)20(32)28-14-6-8-22(9-7-14)12(2)29-30(21(22)33)16-5-4-13(24)10-15(16)23/h4-5,10-11,14H,3,6-9H2,1-2H3,(H,25,31)(H,26,27)(H,28,32)/t14-,22-. The molecule has 3 amide bonds. The summed E-state index contributed by atoms with van der Waals surface area (Å²) in [5.41, 5.74) is 0.381. The smallest absolute Gasteiger partial charge is 0.272 e. The molecule has 1 aliphatic carbocycles. The Kier molecular flexibility index (Phi) is 6.20. The number of nitrogens with one attached hydrogen (secondary N) is 3. The van der Waals surface area contributed by atoms with Crippen molar-refractivity contribution in [2.45, 2.75) is 45.6 Å². The number of amides is 3. The molecule has 1 aromatic heterocycles. The number of carbonyl (C=O) groups excluding carboxylic acids is 3. The highest BCUT2D eigenvalue weighted by Crippen LogP contribution is 2.45. The van der Waals surface area contributed by atoms with Crippen LogP contribution in [0.15, 0.2) is 29.6 Å². The van der Waals surface area contributed by atoms with Gasteiger partial charge in [-0.1, -0.05) is 11.6 Å². The summed E-state index contributed by atoms with van der Waals surface area (Å²) >= 11 is 6.15. The Morgan fingerprint density at radius 2 is 2.03 bits per heavy atom. The number of aromatic amines is 1. The van der Waals surface area contributed by atoms with Crippen LogP contribution in [0.3, 0.4) is 0 Å². The van der Waals surface area contributed by atoms with Crippen molar-refractivity contribution in [3.8, 4) is 0 Å². The number of rotatable bonds is 5. The highest BCUT2D eigenvalue weighted by atomic mass is 35.5. The van der Waals surface area contributed by atoms with Crippen molar-refractivity contribution in [1.29, 1.82) is 0 Å². The van der Waals surface area contributed by atoms with Gasteiger partial charge in [-0.3, -0.25) is 14.4 Å². The van der Waals surface area contributed by atoms with E-state index in [1.54, 1.807) is 13.8 Å². The Bertz CT molecular complexity index is 1140. The first kappa shape index (κ1) is 22.9. The lowest BCUT2D eigenvalue weighted by Crippen LogP contribution is -2.47. The van der Waals surface area contributed by atoms with Gasteiger partial charge in [0.1, 0.15) is 11.5 Å². The van der Waals surface area contributed by atoms with Crippen LogP contribution in [0.4, 0.5) is 10.1 Å². The molecule has 4 rings (SSSR count). The average molecular weight is 475 g/mol. The number of H-pyrrole nitrogens is 1. The van der Waals surface area contributed by atoms with E-state index in [-0.39, 0.29) is 28.4 Å². The highest BCUT2D eigenvalue weighted by Gasteiger charge is 2.51. The molecule has 0 atom stereocenters. The number of hydrogen-bond acceptors (Lipinski definition) is 5. The first-order valence-corrected chi connectivity index (χ1v) is 11.1. The minimum Gasteiger partial charge on any atom is -0.351 e. The zero-order chi connectivity index (χ0) is 23.8. The summed E-state index contributed by atoms with van der Waals surface area (Å²) < 4.78 is 13.4. The van der Waals surface area contributed by atoms with Crippen molar-refractivity contribution in [3.05, 3.63) is 46.8 Å². The van der Waals surface area contributed by atoms with Gasteiger partial charge in [0.05, 0.1) is 28.2 Å². The van der Waals surface area contributed by atoms with E-state index in [0.717, 1.165) is 6.07 Å². The van der Waals surface area contributed by atoms with Gasteiger partial charge in [0.25, 0.3) is 17.7 Å². The van der Waals surface area contributed by atoms with Crippen LogP contribution in [0, 0.1) is 11.2 Å². The maximum absolute atomic E-state index is 13.4. The molecule has 3 N–H and O–H groups in total. The van der Waals surface area contributed by atoms with Crippen LogP contribution in [0.25, 0.3) is 0 Å². The molecule has 0 bridgehead atoms. The Labute approximate surface area is 194 Å². The van der Waals surface area contributed by atoms with Crippen molar-refractivity contribution >= 4 is 40.7 Å². The second kappa shape index (κ2) is 8.93. The SMILES string of the molecule is CCNC(=O)c1nc[nH]c1C(=O)N[C@H]1CC[C@@]2(CC1)C(=O)N(c1ccc(F)cc1Cl)N=C2C. The molecule has 9 nitrogen and oxygen atoms in total. The van der Waals surface area contributed by atoms with Gasteiger partial charge in [0.2, 0.25) is 0 Å². The van der Waals surface area contributed by atoms with Gasteiger partial charge < -0.3 is 15.6 Å². The van der Waals surface area contributed by atoms with Gasteiger partial charge >= 0.3 is 0 Å². The maximum atomic E-state index is 13.4. The summed E-state index contributed by atoms with van der Waals surface area (Å²) in [6.45, 7) is 4.01. The Balaban J connectivity index is 1.43. The van der Waals surface area contributed by atoms with Gasteiger partial charge in [-0.2, -0.15) is 10.1 Å². The summed E-state index contributed by atoms with van der Waals surface area (Å²) in [4.78, 5) is 44.9. The lowest BCUT2D eigenvalue weighted by Gasteiger charge is -2.36. The molecule has 1 spiro atoms. The van der Waals surface area contributed by atoms with Crippen molar-refractivity contribution < 1.29 is 18.8 Å². The zero-order valence-electron chi connectivity index (χ0n) is 18.2. The molecule has 174 valence electrons. The largest absolute Gasteiger partial charge is 0.351 e. The number of carbonyl (C=O) groups is 3. The second-order valence-corrected chi connectivity index (χ2v) is 8.62. The fourth-order valence-corrected chi connectivity index (χ4v) is 4.68. The number of nitrogens with zero attached hydrogens (tertiary/aromatic N) is 3. The highest BCUT2D eigenvalue weighted by molar-refractivity contribution is 6.34. The number of imidazole rings is 1. The van der Waals surface area contributed by atoms with Crippen LogP contribution in [-0.2, 0) is 4.79 Å². The fourth-order valence-electron chi connectivity index (χ4n) is 4.44. The summed E-state index contributed by atoms with van der Waals surface area (Å²) in [7, 11) is 0. The third-order valence-electron chi connectivity index (χ3n) is 6.28. The molecule has 0 saturated heterocycles. The monoisotopic (exact) mass is 474 g/mol. The number of hydrogen-bond donors (Lipinski definition) is 3. The van der Waals surface area contributed by atoms with Gasteiger partial charge in [-0.25, -0.2) is 9.37 Å². The minimum absolute atomic E-state index is 0.0439. The van der Waals surface area contributed by atoms with Crippen LogP contribution in [-0.4, -0.2) is 46.0 Å². The Hall–Kier alpha value is -3.27. The molecule has 2 heterocycles. The number of hydrazone groups is 1. The molecule has 11 heteroatoms. The van der Waals surface area contributed by atoms with Crippen molar-refractivity contribution in [2.24, 2.45) is 10.5 Å². The fraction of sp³-hybridized carbons (Fsp3) is 0.409. The predicted molar refractivity (Wildman–Crippen MR) is 121 cm³/mol. The average Bonchev–Trinajstić information content (AvgIpc) is 3.36. The van der Waals surface area contributed by atoms with Crippen molar-refractivity contribution in [3.63, 3.8) is 0 Å². The first-order valence-electron chi connectivity index (χ1n) is 10.7. The molecular formula is C22H24ClFN6O3. The minimum atomic E-state index is -0.779. The Morgan fingerprint density at radius 3 is 2.70 bits per heavy atom. The summed E-state index contributed by atoms with van der Waals surface area (Å²) in [6.07, 6.45) is 3.41. The summed E-state index contributed by atoms with van der Waals surface area (Å²) in [6, 6.07) is 3.66. The van der Waals surface area contributed by atoms with E-state index in [4.69, 9.17) is 11.6 Å². The van der Waals surface area contributed by atoms with Gasteiger partial charge in [0.15, 0.2) is 5.69 Å². The van der Waals surface area contributed by atoms with E-state index < -0.39 is 23.0 Å². The van der Waals surface area contributed by atoms with E-state index in [1.807, 2.05) is 0 Å². The topological polar surface area (TPSA) is 120 Å². The molecule has 33 heavy (non-hydrogen) atoms. The number of anilines is 1. The van der Waals surface area contributed by atoms with E-state index in [9.17, 15) is 18.8 Å². The van der Waals surface area contributed by atoms with E-state index in [2.05, 4.69) is 25.7 Å². The molecule has 1 aromatic carbocycles. The molecule has 2 aliphatic rings. The molecule has 1 aliphatic heterocycles. The quantitative estimate of drug-likeness (QED) is 0.617. The van der Waals surface area contributed by atoms with Gasteiger partial charge in [0, 0.05) is 12.6 Å². The first-order chi connectivity index (χ1) is 15.8. The van der Waals surface area contributed by atoms with E-state index >= 15 is 0 Å². The van der Waals surface area contributed by atoms with Crippen LogP contribution in [0.2, 0.25) is 5.02 Å². The van der Waals surface area contributed by atoms with Crippen LogP contribution in [0.1, 0.15) is 60.5 Å². The third kappa shape index (κ3) is 4.10. The van der Waals surface area contributed by atoms with Gasteiger partial charge in [-0.15, -0.1) is 0 Å². The molecule has 0 unspecified atom stereocenters. The van der Waals surface area contributed by atoms with Crippen LogP contribution < -0.4 is 15.6 Å². The summed E-state index contributed by atoms with van der Waals surface area (Å²) in [5, 5.41) is 11.4. The number of aromatic nitrogens is 2. The van der Waals surface area contributed by atoms with Crippen LogP contribution in [0.5, 0.6) is 0 Å². The maximum Gasteiger partial charge on any atom is 0.272 e. The molecular weight excluding hydrogens is 451 g/mol. The molecule has 2 aromatic rings. The zero-order valence-corrected chi connectivity index (χ0v) is 19.0. The van der Waals surface area contributed by atoms with Crippen molar-refractivity contribution in [1.82, 2.24) is 20.6 Å². The van der Waals surface area contributed by atoms with Crippen molar-refractivity contribution in [2.75, 3.05) is 11.6 Å².